The van der Waals surface area contributed by atoms with Gasteiger partial charge in [-0.25, -0.2) is 0 Å². The van der Waals surface area contributed by atoms with Gasteiger partial charge in [-0.05, 0) is 18.1 Å². The molecule has 0 aromatic heterocycles. The summed E-state index contributed by atoms with van der Waals surface area (Å²) in [6.07, 6.45) is 1.11. The van der Waals surface area contributed by atoms with Crippen LogP contribution >= 0.6 is 0 Å². The first-order chi connectivity index (χ1) is 5.25. The molecule has 0 aliphatic rings. The number of nitrogens with zero attached hydrogens (tertiary/aromatic N) is 1. The molecule has 0 saturated carbocycles. The van der Waals surface area contributed by atoms with E-state index in [4.69, 9.17) is 0 Å². The van der Waals surface area contributed by atoms with Gasteiger partial charge in [-0.15, -0.1) is 0 Å². The molecular formula is C10H15NTi. The summed E-state index contributed by atoms with van der Waals surface area (Å²) in [6.45, 7) is 2.18. The first-order valence-electron chi connectivity index (χ1n) is 4.01. The van der Waals surface area contributed by atoms with Crippen LogP contribution in [0.5, 0.6) is 0 Å². The van der Waals surface area contributed by atoms with Crippen molar-refractivity contribution >= 4 is 5.69 Å². The second kappa shape index (κ2) is 5.39. The molecule has 12 heavy (non-hydrogen) atoms. The smallest absolute Gasteiger partial charge is 0.0393 e. The quantitative estimate of drug-likeness (QED) is 0.657. The van der Waals surface area contributed by atoms with Gasteiger partial charge >= 0.3 is 0 Å². The molecule has 0 aliphatic carbocycles. The SMILES string of the molecule is CCc1ccccc1N(C)C.[Ti]. The standard InChI is InChI=1S/C10H15N.Ti/c1-4-9-7-5-6-8-10(9)11(2)3;/h5-8H,4H2,1-3H3;. The van der Waals surface area contributed by atoms with Crippen LogP contribution in [0.1, 0.15) is 12.5 Å². The monoisotopic (exact) mass is 197 g/mol. The Labute approximate surface area is 89.7 Å². The molecule has 0 fully saturated rings. The van der Waals surface area contributed by atoms with Gasteiger partial charge in [-0.2, -0.15) is 0 Å². The summed E-state index contributed by atoms with van der Waals surface area (Å²) in [5, 5.41) is 0. The Hall–Kier alpha value is -0.266. The van der Waals surface area contributed by atoms with Crippen molar-refractivity contribution in [3.8, 4) is 0 Å². The third kappa shape index (κ3) is 2.65. The van der Waals surface area contributed by atoms with E-state index in [0.717, 1.165) is 6.42 Å². The molecule has 64 valence electrons. The molecule has 1 aromatic carbocycles. The number of rotatable bonds is 2. The Kier molecular flexibility index (Phi) is 5.27. The van der Waals surface area contributed by atoms with Crippen LogP contribution in [-0.2, 0) is 28.1 Å². The fourth-order valence-corrected chi connectivity index (χ4v) is 1.25. The first-order valence-corrected chi connectivity index (χ1v) is 4.01. The zero-order valence-electron chi connectivity index (χ0n) is 7.96. The van der Waals surface area contributed by atoms with E-state index in [0.29, 0.717) is 0 Å². The topological polar surface area (TPSA) is 3.24 Å². The fourth-order valence-electron chi connectivity index (χ4n) is 1.25. The minimum Gasteiger partial charge on any atom is -0.377 e. The molecule has 0 atom stereocenters. The van der Waals surface area contributed by atoms with Crippen molar-refractivity contribution in [2.45, 2.75) is 13.3 Å². The van der Waals surface area contributed by atoms with Crippen molar-refractivity contribution in [2.24, 2.45) is 0 Å². The van der Waals surface area contributed by atoms with E-state index in [2.05, 4.69) is 50.2 Å². The van der Waals surface area contributed by atoms with Crippen LogP contribution in [-0.4, -0.2) is 14.1 Å². The van der Waals surface area contributed by atoms with E-state index in [1.807, 2.05) is 0 Å². The van der Waals surface area contributed by atoms with Crippen LogP contribution in [0.3, 0.4) is 0 Å². The van der Waals surface area contributed by atoms with Gasteiger partial charge in [0.1, 0.15) is 0 Å². The van der Waals surface area contributed by atoms with Crippen LogP contribution in [0.2, 0.25) is 0 Å². The molecular weight excluding hydrogens is 182 g/mol. The average Bonchev–Trinajstić information content (AvgIpc) is 2.04. The Bertz CT molecular complexity index is 233. The van der Waals surface area contributed by atoms with Crippen molar-refractivity contribution in [2.75, 3.05) is 19.0 Å². The molecule has 0 heterocycles. The fraction of sp³-hybridized carbons (Fsp3) is 0.400. The molecule has 0 spiro atoms. The van der Waals surface area contributed by atoms with Gasteiger partial charge in [0.25, 0.3) is 0 Å². The second-order valence-corrected chi connectivity index (χ2v) is 2.88. The van der Waals surface area contributed by atoms with Crippen molar-refractivity contribution in [3.63, 3.8) is 0 Å². The molecule has 0 N–H and O–H groups in total. The van der Waals surface area contributed by atoms with E-state index in [1.54, 1.807) is 0 Å². The van der Waals surface area contributed by atoms with E-state index < -0.39 is 0 Å². The summed E-state index contributed by atoms with van der Waals surface area (Å²) in [5.74, 6) is 0. The number of hydrogen-bond donors (Lipinski definition) is 0. The molecule has 0 amide bonds. The zero-order chi connectivity index (χ0) is 8.27. The molecule has 0 radical (unpaired) electrons. The third-order valence-electron chi connectivity index (χ3n) is 1.85. The zero-order valence-corrected chi connectivity index (χ0v) is 9.53. The summed E-state index contributed by atoms with van der Waals surface area (Å²) in [6, 6.07) is 8.49. The van der Waals surface area contributed by atoms with E-state index in [9.17, 15) is 0 Å². The normalized spacial score (nSPS) is 8.92. The number of hydrogen-bond acceptors (Lipinski definition) is 1. The van der Waals surface area contributed by atoms with Gasteiger partial charge in [0.05, 0.1) is 0 Å². The largest absolute Gasteiger partial charge is 0.377 e. The summed E-state index contributed by atoms with van der Waals surface area (Å²) in [4.78, 5) is 2.15. The molecule has 0 aliphatic heterocycles. The molecule has 1 rings (SSSR count). The van der Waals surface area contributed by atoms with Gasteiger partial charge in [-0.1, -0.05) is 25.1 Å². The number of benzene rings is 1. The van der Waals surface area contributed by atoms with Crippen molar-refractivity contribution in [1.29, 1.82) is 0 Å². The average molecular weight is 197 g/mol. The van der Waals surface area contributed by atoms with Crippen LogP contribution < -0.4 is 4.90 Å². The molecule has 0 saturated heterocycles. The van der Waals surface area contributed by atoms with E-state index in [-0.39, 0.29) is 21.7 Å². The summed E-state index contributed by atoms with van der Waals surface area (Å²) in [5.41, 5.74) is 2.74. The molecule has 0 unspecified atom stereocenters. The maximum atomic E-state index is 2.18. The van der Waals surface area contributed by atoms with Gasteiger partial charge < -0.3 is 4.90 Å². The van der Waals surface area contributed by atoms with E-state index >= 15 is 0 Å². The predicted octanol–water partition coefficient (Wildman–Crippen LogP) is 2.31. The summed E-state index contributed by atoms with van der Waals surface area (Å²) in [7, 11) is 4.16. The predicted molar refractivity (Wildman–Crippen MR) is 50.1 cm³/mol. The Morgan fingerprint density at radius 3 is 2.17 bits per heavy atom. The van der Waals surface area contributed by atoms with Crippen LogP contribution in [0.15, 0.2) is 24.3 Å². The number of aryl methyl sites for hydroxylation is 1. The molecule has 1 nitrogen and oxygen atoms in total. The maximum Gasteiger partial charge on any atom is 0.0393 e. The summed E-state index contributed by atoms with van der Waals surface area (Å²) < 4.78 is 0. The van der Waals surface area contributed by atoms with Gasteiger partial charge in [-0.3, -0.25) is 0 Å². The number of anilines is 1. The maximum absolute atomic E-state index is 2.18. The Morgan fingerprint density at radius 1 is 1.17 bits per heavy atom. The van der Waals surface area contributed by atoms with Gasteiger partial charge in [0.2, 0.25) is 0 Å². The molecule has 2 heteroatoms. The second-order valence-electron chi connectivity index (χ2n) is 2.88. The van der Waals surface area contributed by atoms with Crippen LogP contribution in [0, 0.1) is 0 Å². The van der Waals surface area contributed by atoms with Crippen molar-refractivity contribution in [1.82, 2.24) is 0 Å². The van der Waals surface area contributed by atoms with Crippen molar-refractivity contribution < 1.29 is 21.7 Å². The Balaban J connectivity index is 0.00000121. The summed E-state index contributed by atoms with van der Waals surface area (Å²) >= 11 is 0. The van der Waals surface area contributed by atoms with Crippen LogP contribution in [0.4, 0.5) is 5.69 Å². The molecule has 0 bridgehead atoms. The minimum atomic E-state index is 0. The van der Waals surface area contributed by atoms with Crippen LogP contribution in [0.25, 0.3) is 0 Å². The van der Waals surface area contributed by atoms with Crippen molar-refractivity contribution in [3.05, 3.63) is 29.8 Å². The van der Waals surface area contributed by atoms with E-state index in [1.165, 1.54) is 11.3 Å². The number of para-hydroxylation sites is 1. The third-order valence-corrected chi connectivity index (χ3v) is 1.85. The Morgan fingerprint density at radius 2 is 1.75 bits per heavy atom. The minimum absolute atomic E-state index is 0. The van der Waals surface area contributed by atoms with Gasteiger partial charge in [0, 0.05) is 41.5 Å². The molecule has 1 aromatic rings. The van der Waals surface area contributed by atoms with Gasteiger partial charge in [0.15, 0.2) is 0 Å². The first kappa shape index (κ1) is 11.7.